The largest absolute Gasteiger partial charge is 0.481 e. The zero-order chi connectivity index (χ0) is 25.2. The molecule has 180 valence electrons. The number of nitrogens with one attached hydrogen (secondary N) is 1. The smallest absolute Gasteiger partial charge is 0.264 e. The maximum atomic E-state index is 14.5. The number of aryl methyl sites for hydroxylation is 1. The molecule has 0 saturated carbocycles. The number of benzene rings is 2. The number of carbonyl (C=O) groups is 1. The van der Waals surface area contributed by atoms with Crippen LogP contribution < -0.4 is 9.46 Å². The van der Waals surface area contributed by atoms with Crippen LogP contribution in [0.2, 0.25) is 0 Å². The van der Waals surface area contributed by atoms with E-state index in [2.05, 4.69) is 20.9 Å². The lowest BCUT2D eigenvalue weighted by Crippen LogP contribution is -2.32. The van der Waals surface area contributed by atoms with Crippen LogP contribution in [0.15, 0.2) is 52.0 Å². The number of halogens is 3. The van der Waals surface area contributed by atoms with Gasteiger partial charge >= 0.3 is 0 Å². The van der Waals surface area contributed by atoms with Crippen LogP contribution in [0.25, 0.3) is 11.1 Å². The summed E-state index contributed by atoms with van der Waals surface area (Å²) in [6.45, 7) is 5.19. The molecule has 1 heterocycles. The molecule has 0 saturated heterocycles. The van der Waals surface area contributed by atoms with Gasteiger partial charge in [-0.05, 0) is 86.9 Å². The number of nitrogens with zero attached hydrogens (tertiary/aromatic N) is 1. The van der Waals surface area contributed by atoms with E-state index in [1.165, 1.54) is 38.4 Å². The van der Waals surface area contributed by atoms with Gasteiger partial charge in [0.1, 0.15) is 11.6 Å². The summed E-state index contributed by atoms with van der Waals surface area (Å²) < 4.78 is 61.4. The van der Waals surface area contributed by atoms with Crippen molar-refractivity contribution in [2.45, 2.75) is 38.0 Å². The Morgan fingerprint density at radius 1 is 1.18 bits per heavy atom. The van der Waals surface area contributed by atoms with Gasteiger partial charge in [0.15, 0.2) is 0 Å². The van der Waals surface area contributed by atoms with E-state index in [4.69, 9.17) is 4.74 Å². The first-order valence-corrected chi connectivity index (χ1v) is 12.5. The number of pyridine rings is 1. The van der Waals surface area contributed by atoms with Gasteiger partial charge in [0.25, 0.3) is 10.0 Å². The number of hydrogen-bond acceptors (Lipinski definition) is 5. The number of sulfonamides is 1. The van der Waals surface area contributed by atoms with E-state index < -0.39 is 27.6 Å². The topological polar surface area (TPSA) is 85.4 Å². The third-order valence-electron chi connectivity index (χ3n) is 5.22. The Bertz CT molecular complexity index is 1360. The maximum Gasteiger partial charge on any atom is 0.264 e. The van der Waals surface area contributed by atoms with Gasteiger partial charge in [-0.2, -0.15) is 0 Å². The second kappa shape index (κ2) is 10.2. The molecule has 3 aromatic rings. The van der Waals surface area contributed by atoms with Crippen molar-refractivity contribution in [1.82, 2.24) is 9.71 Å². The molecule has 0 aliphatic heterocycles. The normalized spacial score (nSPS) is 11.5. The number of ether oxygens (including phenoxy) is 1. The first kappa shape index (κ1) is 25.8. The van der Waals surface area contributed by atoms with Crippen LogP contribution in [-0.4, -0.2) is 26.4 Å². The minimum absolute atomic E-state index is 0.112. The molecular formula is C24H23BrF2N2O4S. The van der Waals surface area contributed by atoms with Crippen LogP contribution in [-0.2, 0) is 21.2 Å². The lowest BCUT2D eigenvalue weighted by molar-refractivity contribution is -0.118. The van der Waals surface area contributed by atoms with Crippen LogP contribution in [0, 0.1) is 18.6 Å². The highest BCUT2D eigenvalue weighted by molar-refractivity contribution is 9.10. The molecule has 6 nitrogen and oxygen atoms in total. The highest BCUT2D eigenvalue weighted by atomic mass is 79.9. The first-order valence-electron chi connectivity index (χ1n) is 10.3. The molecule has 0 aliphatic carbocycles. The first-order chi connectivity index (χ1) is 15.9. The molecule has 0 bridgehead atoms. The molecule has 0 radical (unpaired) electrons. The fourth-order valence-corrected chi connectivity index (χ4v) is 5.32. The van der Waals surface area contributed by atoms with E-state index in [9.17, 15) is 22.0 Å². The summed E-state index contributed by atoms with van der Waals surface area (Å²) in [7, 11) is -2.90. The van der Waals surface area contributed by atoms with Gasteiger partial charge in [-0.3, -0.25) is 4.79 Å². The van der Waals surface area contributed by atoms with Crippen molar-refractivity contribution in [3.63, 3.8) is 0 Å². The molecule has 0 fully saturated rings. The molecule has 0 spiro atoms. The second-order valence-electron chi connectivity index (χ2n) is 8.00. The lowest BCUT2D eigenvalue weighted by atomic mass is 9.88. The molecule has 0 aliphatic rings. The molecule has 34 heavy (non-hydrogen) atoms. The van der Waals surface area contributed by atoms with Crippen molar-refractivity contribution in [3.05, 3.63) is 75.4 Å². The van der Waals surface area contributed by atoms with Crippen LogP contribution in [0.3, 0.4) is 0 Å². The molecule has 2 aromatic carbocycles. The highest BCUT2D eigenvalue weighted by Gasteiger charge is 2.24. The molecular weight excluding hydrogens is 530 g/mol. The Hall–Kier alpha value is -2.85. The maximum absolute atomic E-state index is 14.5. The SMILES string of the molecule is COc1cc(-c2cc(F)cc(C(C)C)c2CC(=O)NS(=O)(=O)c2cc(F)c(Br)cc2C)ccn1. The predicted octanol–water partition coefficient (Wildman–Crippen LogP) is 5.28. The molecule has 1 N–H and O–H groups in total. The lowest BCUT2D eigenvalue weighted by Gasteiger charge is -2.18. The zero-order valence-corrected chi connectivity index (χ0v) is 21.4. The number of carbonyl (C=O) groups excluding carboxylic acids is 1. The Labute approximate surface area is 205 Å². The Kier molecular flexibility index (Phi) is 7.72. The van der Waals surface area contributed by atoms with Crippen LogP contribution in [0.4, 0.5) is 8.78 Å². The fourth-order valence-electron chi connectivity index (χ4n) is 3.64. The average Bonchev–Trinajstić information content (AvgIpc) is 2.76. The van der Waals surface area contributed by atoms with Crippen molar-refractivity contribution < 1.29 is 26.7 Å². The van der Waals surface area contributed by atoms with Crippen molar-refractivity contribution in [1.29, 1.82) is 0 Å². The van der Waals surface area contributed by atoms with Crippen molar-refractivity contribution in [2.75, 3.05) is 7.11 Å². The van der Waals surface area contributed by atoms with E-state index in [1.54, 1.807) is 12.1 Å². The van der Waals surface area contributed by atoms with Crippen LogP contribution in [0.1, 0.15) is 36.5 Å². The Morgan fingerprint density at radius 3 is 2.53 bits per heavy atom. The van der Waals surface area contributed by atoms with Crippen LogP contribution in [0.5, 0.6) is 5.88 Å². The average molecular weight is 553 g/mol. The van der Waals surface area contributed by atoms with Gasteiger partial charge in [0.05, 0.1) is 22.9 Å². The van der Waals surface area contributed by atoms with Gasteiger partial charge in [0.2, 0.25) is 11.8 Å². The van der Waals surface area contributed by atoms with Crippen molar-refractivity contribution in [3.8, 4) is 17.0 Å². The number of amides is 1. The summed E-state index contributed by atoms with van der Waals surface area (Å²) in [5, 5.41) is 0. The third-order valence-corrected chi connectivity index (χ3v) is 7.34. The van der Waals surface area contributed by atoms with E-state index >= 15 is 0 Å². The molecule has 1 aromatic heterocycles. The molecule has 10 heteroatoms. The number of aromatic nitrogens is 1. The predicted molar refractivity (Wildman–Crippen MR) is 128 cm³/mol. The van der Waals surface area contributed by atoms with Gasteiger partial charge in [-0.25, -0.2) is 26.9 Å². The van der Waals surface area contributed by atoms with Gasteiger partial charge in [-0.1, -0.05) is 13.8 Å². The summed E-state index contributed by atoms with van der Waals surface area (Å²) in [5.74, 6) is -1.95. The summed E-state index contributed by atoms with van der Waals surface area (Å²) in [5.41, 5.74) is 2.27. The standard InChI is InChI=1S/C24H23BrF2N2O4S/c1-13(2)17-9-16(26)10-18(15-5-6-28-24(8-15)33-4)19(17)11-23(30)29-34(31,32)22-12-21(27)20(25)7-14(22)3/h5-10,12-13H,11H2,1-4H3,(H,29,30). The quantitative estimate of drug-likeness (QED) is 0.431. The Morgan fingerprint density at radius 2 is 1.88 bits per heavy atom. The summed E-state index contributed by atoms with van der Waals surface area (Å²) in [6, 6.07) is 8.03. The molecule has 0 atom stereocenters. The minimum atomic E-state index is -4.34. The van der Waals surface area contributed by atoms with Gasteiger partial charge < -0.3 is 4.74 Å². The molecule has 3 rings (SSSR count). The van der Waals surface area contributed by atoms with E-state index in [0.29, 0.717) is 28.1 Å². The summed E-state index contributed by atoms with van der Waals surface area (Å²) in [6.07, 6.45) is 1.15. The van der Waals surface area contributed by atoms with Crippen molar-refractivity contribution >= 4 is 31.9 Å². The highest BCUT2D eigenvalue weighted by Crippen LogP contribution is 2.33. The number of methoxy groups -OCH3 is 1. The second-order valence-corrected chi connectivity index (χ2v) is 10.5. The third kappa shape index (κ3) is 5.61. The number of hydrogen-bond donors (Lipinski definition) is 1. The van der Waals surface area contributed by atoms with Crippen molar-refractivity contribution in [2.24, 2.45) is 0 Å². The van der Waals surface area contributed by atoms with Gasteiger partial charge in [-0.15, -0.1) is 0 Å². The summed E-state index contributed by atoms with van der Waals surface area (Å²) >= 11 is 3.01. The van der Waals surface area contributed by atoms with Crippen LogP contribution >= 0.6 is 15.9 Å². The number of rotatable bonds is 7. The van der Waals surface area contributed by atoms with Gasteiger partial charge in [0, 0.05) is 12.3 Å². The summed E-state index contributed by atoms with van der Waals surface area (Å²) in [4.78, 5) is 16.6. The monoisotopic (exact) mass is 552 g/mol. The molecule has 1 amide bonds. The molecule has 0 unspecified atom stereocenters. The van der Waals surface area contributed by atoms with E-state index in [0.717, 1.165) is 6.07 Å². The zero-order valence-electron chi connectivity index (χ0n) is 18.9. The van der Waals surface area contributed by atoms with E-state index in [-0.39, 0.29) is 27.3 Å². The Balaban J connectivity index is 2.03. The van der Waals surface area contributed by atoms with E-state index in [1.807, 2.05) is 18.6 Å². The fraction of sp³-hybridized carbons (Fsp3) is 0.250. The minimum Gasteiger partial charge on any atom is -0.481 e.